The molecule has 3 heterocycles. The van der Waals surface area contributed by atoms with E-state index in [1.165, 1.54) is 6.42 Å². The van der Waals surface area contributed by atoms with Gasteiger partial charge in [0.15, 0.2) is 0 Å². The van der Waals surface area contributed by atoms with Crippen LogP contribution in [0.4, 0.5) is 29.2 Å². The van der Waals surface area contributed by atoms with Crippen LogP contribution in [0.3, 0.4) is 0 Å². The molecule has 3 aromatic carbocycles. The highest BCUT2D eigenvalue weighted by Crippen LogP contribution is 2.30. The van der Waals surface area contributed by atoms with E-state index in [2.05, 4.69) is 20.4 Å². The largest absolute Gasteiger partial charge is 0.506 e. The standard InChI is InChI=1S/C29H31N7O2.ClH.4H3N.4H2/c37-25-23-9-3-2-8-20(23)10-15-24(25)26(38)30-21-11-13-22(14-12-21)31-27-32-28(35-16-4-1-5-17-35)34-29(33-27)36-18-6-7-19-36;;;;;;;;;/h2-3,8-15,37H,1,4-7,16-19H2,(H,30,38)(H,31,32,33,34);1H;4*1H3;4*1H. The fourth-order valence-electron chi connectivity index (χ4n) is 5.11. The van der Waals surface area contributed by atoms with Gasteiger partial charge in [0.05, 0.1) is 5.56 Å². The molecule has 2 saturated heterocycles. The summed E-state index contributed by atoms with van der Waals surface area (Å²) in [6.07, 6.45) is 5.85. The Balaban J connectivity index is -0.00000103. The monoisotopic (exact) mass is 621 g/mol. The molecule has 14 heteroatoms. The van der Waals surface area contributed by atoms with Crippen molar-refractivity contribution < 1.29 is 15.6 Å². The van der Waals surface area contributed by atoms with Gasteiger partial charge in [-0.3, -0.25) is 4.79 Å². The molecular weight excluding hydrogens is 570 g/mol. The summed E-state index contributed by atoms with van der Waals surface area (Å²) in [7, 11) is 0. The Morgan fingerprint density at radius 3 is 1.84 bits per heavy atom. The zero-order chi connectivity index (χ0) is 25.9. The third-order valence-corrected chi connectivity index (χ3v) is 7.18. The number of phenols is 1. The van der Waals surface area contributed by atoms with E-state index in [-0.39, 0.29) is 59.9 Å². The minimum Gasteiger partial charge on any atom is -0.506 e. The van der Waals surface area contributed by atoms with E-state index in [0.29, 0.717) is 17.0 Å². The van der Waals surface area contributed by atoms with Crippen molar-refractivity contribution in [3.05, 3.63) is 66.2 Å². The quantitative estimate of drug-likeness (QED) is 0.111. The lowest BCUT2D eigenvalue weighted by Gasteiger charge is -2.27. The summed E-state index contributed by atoms with van der Waals surface area (Å²) in [5.41, 5.74) is 1.66. The summed E-state index contributed by atoms with van der Waals surface area (Å²) in [6, 6.07) is 18.3. The average molecular weight is 622 g/mol. The smallest absolute Gasteiger partial charge is 0.259 e. The number of carbonyl (C=O) groups is 1. The molecule has 1 aromatic heterocycles. The van der Waals surface area contributed by atoms with E-state index < -0.39 is 0 Å². The van der Waals surface area contributed by atoms with Crippen LogP contribution in [0, 0.1) is 0 Å². The molecule has 2 fully saturated rings. The number of rotatable bonds is 6. The maximum atomic E-state index is 12.9. The van der Waals surface area contributed by atoms with Gasteiger partial charge in [-0.05, 0) is 67.8 Å². The molecule has 0 aliphatic carbocycles. The van der Waals surface area contributed by atoms with Crippen LogP contribution in [-0.4, -0.2) is 52.1 Å². The van der Waals surface area contributed by atoms with Gasteiger partial charge in [-0.2, -0.15) is 15.0 Å². The maximum absolute atomic E-state index is 12.9. The number of benzene rings is 3. The normalized spacial score (nSPS) is 13.8. The van der Waals surface area contributed by atoms with Crippen LogP contribution in [-0.2, 0) is 0 Å². The molecule has 43 heavy (non-hydrogen) atoms. The number of carbonyl (C=O) groups excluding carboxylic acids is 1. The summed E-state index contributed by atoms with van der Waals surface area (Å²) < 4.78 is 0. The molecule has 15 N–H and O–H groups in total. The molecule has 1 amide bonds. The van der Waals surface area contributed by atoms with Crippen LogP contribution in [0.2, 0.25) is 0 Å². The molecule has 0 bridgehead atoms. The molecule has 4 aromatic rings. The average Bonchev–Trinajstić information content (AvgIpc) is 3.50. The molecular formula is C29H52ClN11O2. The first-order valence-electron chi connectivity index (χ1n) is 13.3. The second kappa shape index (κ2) is 16.4. The van der Waals surface area contributed by atoms with Gasteiger partial charge in [-0.25, -0.2) is 0 Å². The Hall–Kier alpha value is -4.27. The van der Waals surface area contributed by atoms with Crippen LogP contribution in [0.5, 0.6) is 5.75 Å². The van der Waals surface area contributed by atoms with Crippen LogP contribution in [0.15, 0.2) is 60.7 Å². The minimum absolute atomic E-state index is 0. The Morgan fingerprint density at radius 1 is 0.698 bits per heavy atom. The number of hydrogen-bond donors (Lipinski definition) is 7. The van der Waals surface area contributed by atoms with E-state index in [9.17, 15) is 9.90 Å². The van der Waals surface area contributed by atoms with Crippen molar-refractivity contribution in [3.63, 3.8) is 0 Å². The summed E-state index contributed by atoms with van der Waals surface area (Å²) >= 11 is 0. The Bertz CT molecular complexity index is 1480. The highest BCUT2D eigenvalue weighted by atomic mass is 35.5. The number of nitrogens with one attached hydrogen (secondary N) is 2. The number of aromatic hydroxyl groups is 1. The number of hydrogen-bond acceptors (Lipinski definition) is 12. The highest BCUT2D eigenvalue weighted by Gasteiger charge is 2.21. The van der Waals surface area contributed by atoms with Gasteiger partial charge in [0.25, 0.3) is 5.91 Å². The molecule has 0 spiro atoms. The number of piperidine rings is 1. The SMILES string of the molecule is Cl.N.N.N.N.O=C(Nc1ccc(Nc2nc(N3CCCCC3)nc(N3CCCC3)n2)cc1)c1ccc2ccccc2c1O.[HH].[HH].[HH].[HH]. The summed E-state index contributed by atoms with van der Waals surface area (Å²) in [4.78, 5) is 31.6. The Morgan fingerprint density at radius 2 is 1.23 bits per heavy atom. The van der Waals surface area contributed by atoms with E-state index in [1.807, 2.05) is 48.5 Å². The van der Waals surface area contributed by atoms with Gasteiger partial charge >= 0.3 is 0 Å². The van der Waals surface area contributed by atoms with Crippen molar-refractivity contribution in [3.8, 4) is 5.75 Å². The number of fused-ring (bicyclic) bond motifs is 1. The number of phenolic OH excluding ortho intramolecular Hbond substituents is 1. The van der Waals surface area contributed by atoms with Crippen molar-refractivity contribution in [2.24, 2.45) is 0 Å². The Labute approximate surface area is 264 Å². The van der Waals surface area contributed by atoms with Crippen LogP contribution < -0.4 is 45.0 Å². The van der Waals surface area contributed by atoms with Gasteiger partial charge in [-0.15, -0.1) is 12.4 Å². The van der Waals surface area contributed by atoms with Gasteiger partial charge in [0, 0.05) is 48.6 Å². The van der Waals surface area contributed by atoms with Crippen LogP contribution >= 0.6 is 12.4 Å². The van der Waals surface area contributed by atoms with Crippen LogP contribution in [0.25, 0.3) is 10.8 Å². The topological polar surface area (TPSA) is 247 Å². The zero-order valence-corrected chi connectivity index (χ0v) is 25.3. The molecule has 2 aliphatic heterocycles. The van der Waals surface area contributed by atoms with Gasteiger partial charge < -0.3 is 50.1 Å². The first-order chi connectivity index (χ1) is 18.6. The number of nitrogens with zero attached hydrogens (tertiary/aromatic N) is 5. The number of aromatic nitrogens is 3. The zero-order valence-electron chi connectivity index (χ0n) is 24.5. The lowest BCUT2D eigenvalue weighted by Crippen LogP contribution is -2.32. The predicted octanol–water partition coefficient (Wildman–Crippen LogP) is 7.37. The fourth-order valence-corrected chi connectivity index (χ4v) is 5.11. The molecule has 13 nitrogen and oxygen atoms in total. The van der Waals surface area contributed by atoms with Crippen molar-refractivity contribution in [1.82, 2.24) is 39.6 Å². The van der Waals surface area contributed by atoms with E-state index in [0.717, 1.165) is 74.8 Å². The van der Waals surface area contributed by atoms with Gasteiger partial charge in [0.1, 0.15) is 5.75 Å². The molecule has 6 rings (SSSR count). The molecule has 0 radical (unpaired) electrons. The van der Waals surface area contributed by atoms with E-state index >= 15 is 0 Å². The lowest BCUT2D eigenvalue weighted by molar-refractivity contribution is 0.102. The van der Waals surface area contributed by atoms with Crippen LogP contribution in [0.1, 0.15) is 48.2 Å². The third-order valence-electron chi connectivity index (χ3n) is 7.18. The van der Waals surface area contributed by atoms with Crippen molar-refractivity contribution in [2.45, 2.75) is 32.1 Å². The van der Waals surface area contributed by atoms with Crippen molar-refractivity contribution in [2.75, 3.05) is 46.6 Å². The fraction of sp³-hybridized carbons (Fsp3) is 0.310. The third kappa shape index (κ3) is 8.18. The molecule has 0 atom stereocenters. The van der Waals surface area contributed by atoms with E-state index in [4.69, 9.17) is 15.0 Å². The van der Waals surface area contributed by atoms with Gasteiger partial charge in [-0.1, -0.05) is 30.3 Å². The van der Waals surface area contributed by atoms with Crippen molar-refractivity contribution in [1.29, 1.82) is 0 Å². The molecule has 242 valence electrons. The maximum Gasteiger partial charge on any atom is 0.259 e. The molecule has 0 unspecified atom stereocenters. The molecule has 0 saturated carbocycles. The number of anilines is 5. The predicted molar refractivity (Wildman–Crippen MR) is 186 cm³/mol. The lowest BCUT2D eigenvalue weighted by atomic mass is 10.0. The second-order valence-electron chi connectivity index (χ2n) is 9.84. The molecule has 2 aliphatic rings. The van der Waals surface area contributed by atoms with Gasteiger partial charge in [0.2, 0.25) is 17.8 Å². The first kappa shape index (κ1) is 36.8. The number of amides is 1. The summed E-state index contributed by atoms with van der Waals surface area (Å²) in [5.74, 6) is 1.57. The number of halogens is 1. The first-order valence-corrected chi connectivity index (χ1v) is 13.3. The van der Waals surface area contributed by atoms with Crippen molar-refractivity contribution >= 4 is 58.3 Å². The summed E-state index contributed by atoms with van der Waals surface area (Å²) in [6.45, 7) is 3.85. The minimum atomic E-state index is -0.368. The Kier molecular flexibility index (Phi) is 14.0. The second-order valence-corrected chi connectivity index (χ2v) is 9.84. The summed E-state index contributed by atoms with van der Waals surface area (Å²) in [5, 5.41) is 18.3. The van der Waals surface area contributed by atoms with E-state index in [1.54, 1.807) is 12.1 Å². The highest BCUT2D eigenvalue weighted by molar-refractivity contribution is 6.09.